The van der Waals surface area contributed by atoms with Gasteiger partial charge in [0.15, 0.2) is 0 Å². The van der Waals surface area contributed by atoms with E-state index in [-0.39, 0.29) is 11.5 Å². The van der Waals surface area contributed by atoms with Crippen molar-refractivity contribution < 1.29 is 4.79 Å². The van der Waals surface area contributed by atoms with Gasteiger partial charge in [-0.3, -0.25) is 15.2 Å². The number of ketones is 1. The first-order chi connectivity index (χ1) is 16.4. The average Bonchev–Trinajstić information content (AvgIpc) is 2.85. The summed E-state index contributed by atoms with van der Waals surface area (Å²) in [7, 11) is 1.80. The molecule has 0 bridgehead atoms. The van der Waals surface area contributed by atoms with Gasteiger partial charge in [-0.05, 0) is 37.2 Å². The van der Waals surface area contributed by atoms with Crippen LogP contribution in [0.4, 0.5) is 0 Å². The summed E-state index contributed by atoms with van der Waals surface area (Å²) in [6.07, 6.45) is 9.52. The van der Waals surface area contributed by atoms with E-state index >= 15 is 0 Å². The number of carbonyl (C=O) groups is 1. The normalized spacial score (nSPS) is 14.4. The Bertz CT molecular complexity index is 1760. The van der Waals surface area contributed by atoms with E-state index in [0.29, 0.717) is 10.3 Å². The van der Waals surface area contributed by atoms with Crippen LogP contribution in [-0.2, 0) is 4.79 Å². The number of benzene rings is 2. The standard InChI is InChI=1S/C23H19N5OS5/c1-25-11-6-9-16(22(32-4)19(11)30-2)27-10-7-12-20(23(33-5)17(10)26-9)34-14-8-13(29)15(24)21(31-3)18(14)28-12/h6-8,24H,1-5H3. The van der Waals surface area contributed by atoms with Crippen LogP contribution in [0, 0.1) is 5.41 Å². The third-order valence-corrected chi connectivity index (χ3v) is 10.1. The first kappa shape index (κ1) is 23.8. The number of hydrogen-bond acceptors (Lipinski definition) is 11. The van der Waals surface area contributed by atoms with Crippen molar-refractivity contribution in [3.05, 3.63) is 27.4 Å². The van der Waals surface area contributed by atoms with Crippen LogP contribution in [0.1, 0.15) is 0 Å². The predicted octanol–water partition coefficient (Wildman–Crippen LogP) is 3.94. The van der Waals surface area contributed by atoms with E-state index in [4.69, 9.17) is 20.4 Å². The van der Waals surface area contributed by atoms with Gasteiger partial charge in [0, 0.05) is 18.0 Å². The van der Waals surface area contributed by atoms with E-state index < -0.39 is 0 Å². The fourth-order valence-corrected chi connectivity index (χ4v) is 8.50. The maximum Gasteiger partial charge on any atom is 0.206 e. The molecule has 0 atom stereocenters. The number of thioether (sulfide) groups is 4. The molecule has 0 amide bonds. The molecule has 0 spiro atoms. The Kier molecular flexibility index (Phi) is 6.49. The summed E-state index contributed by atoms with van der Waals surface area (Å²) in [6.45, 7) is 0. The molecule has 172 valence electrons. The third-order valence-electron chi connectivity index (χ3n) is 5.49. The molecule has 0 fully saturated rings. The third kappa shape index (κ3) is 3.60. The van der Waals surface area contributed by atoms with Gasteiger partial charge in [0.1, 0.15) is 16.7 Å². The summed E-state index contributed by atoms with van der Waals surface area (Å²) in [6, 6.07) is 3.99. The van der Waals surface area contributed by atoms with Crippen molar-refractivity contribution in [2.75, 3.05) is 32.1 Å². The first-order valence-electron chi connectivity index (χ1n) is 10.1. The maximum atomic E-state index is 12.4. The Balaban J connectivity index is 1.97. The molecule has 1 aliphatic carbocycles. The molecule has 2 aromatic heterocycles. The van der Waals surface area contributed by atoms with Crippen LogP contribution in [0.2, 0.25) is 0 Å². The van der Waals surface area contributed by atoms with E-state index in [1.54, 1.807) is 42.3 Å². The molecule has 0 radical (unpaired) electrons. The Hall–Kier alpha value is -1.92. The number of fused-ring (bicyclic) bond motifs is 4. The lowest BCUT2D eigenvalue weighted by Crippen LogP contribution is -2.37. The van der Waals surface area contributed by atoms with Crippen molar-refractivity contribution in [3.8, 4) is 0 Å². The average molecular weight is 542 g/mol. The molecule has 0 saturated carbocycles. The second-order valence-corrected chi connectivity index (χ2v) is 11.6. The van der Waals surface area contributed by atoms with Crippen molar-refractivity contribution in [1.29, 1.82) is 5.41 Å². The second-order valence-electron chi connectivity index (χ2n) is 7.25. The molecule has 11 heteroatoms. The van der Waals surface area contributed by atoms with Gasteiger partial charge in [0.05, 0.1) is 51.2 Å². The molecule has 0 unspecified atom stereocenters. The number of rotatable bonds is 4. The molecule has 5 rings (SSSR count). The van der Waals surface area contributed by atoms with Gasteiger partial charge in [0.25, 0.3) is 0 Å². The van der Waals surface area contributed by atoms with Crippen LogP contribution in [0.5, 0.6) is 0 Å². The molecule has 2 heterocycles. The highest BCUT2D eigenvalue weighted by molar-refractivity contribution is 8.08. The Labute approximate surface area is 216 Å². The van der Waals surface area contributed by atoms with Crippen molar-refractivity contribution >= 4 is 113 Å². The highest BCUT2D eigenvalue weighted by Gasteiger charge is 2.21. The van der Waals surface area contributed by atoms with Crippen molar-refractivity contribution in [2.24, 2.45) is 4.99 Å². The molecular weight excluding hydrogens is 523 g/mol. The van der Waals surface area contributed by atoms with Crippen LogP contribution in [-0.4, -0.2) is 58.5 Å². The molecule has 2 aromatic carbocycles. The van der Waals surface area contributed by atoms with Crippen LogP contribution < -0.4 is 15.2 Å². The molecule has 6 nitrogen and oxygen atoms in total. The lowest BCUT2D eigenvalue weighted by Gasteiger charge is -2.13. The first-order valence-corrected chi connectivity index (χ1v) is 15.8. The summed E-state index contributed by atoms with van der Waals surface area (Å²) < 4.78 is 1.75. The number of nitrogens with one attached hydrogen (secondary N) is 1. The van der Waals surface area contributed by atoms with Crippen LogP contribution >= 0.6 is 58.4 Å². The molecule has 1 aliphatic rings. The van der Waals surface area contributed by atoms with E-state index in [1.165, 1.54) is 29.2 Å². The quantitative estimate of drug-likeness (QED) is 0.307. The number of aromatic nitrogens is 3. The monoisotopic (exact) mass is 541 g/mol. The lowest BCUT2D eigenvalue weighted by atomic mass is 10.1. The fraction of sp³-hybridized carbons (Fsp3) is 0.217. The topological polar surface area (TPSA) is 91.9 Å². The van der Waals surface area contributed by atoms with Crippen molar-refractivity contribution in [2.45, 2.75) is 14.7 Å². The molecular formula is C23H19N5OS5. The zero-order chi connectivity index (χ0) is 24.1. The van der Waals surface area contributed by atoms with Gasteiger partial charge in [-0.25, -0.2) is 15.0 Å². The largest absolute Gasteiger partial charge is 0.296 e. The summed E-state index contributed by atoms with van der Waals surface area (Å²) >= 11 is 7.83. The lowest BCUT2D eigenvalue weighted by molar-refractivity contribution is -0.107. The zero-order valence-corrected chi connectivity index (χ0v) is 23.1. The number of Topliss-reactive ketones (excluding diaryl/α,β-unsaturated/α-hetero) is 1. The minimum absolute atomic E-state index is 0.00191. The van der Waals surface area contributed by atoms with E-state index in [1.807, 2.05) is 24.6 Å². The number of carbonyl (C=O) groups excluding carboxylic acids is 1. The molecule has 0 saturated heterocycles. The predicted molar refractivity (Wildman–Crippen MR) is 150 cm³/mol. The van der Waals surface area contributed by atoms with Gasteiger partial charge in [0.2, 0.25) is 5.78 Å². The zero-order valence-electron chi connectivity index (χ0n) is 19.0. The second kappa shape index (κ2) is 9.27. The molecule has 1 N–H and O–H groups in total. The van der Waals surface area contributed by atoms with E-state index in [0.717, 1.165) is 56.9 Å². The summed E-state index contributed by atoms with van der Waals surface area (Å²) in [5.41, 5.74) is 4.08. The smallest absolute Gasteiger partial charge is 0.206 e. The number of nitrogens with zero attached hydrogens (tertiary/aromatic N) is 4. The van der Waals surface area contributed by atoms with Crippen LogP contribution in [0.15, 0.2) is 31.8 Å². The SMILES string of the molecule is CN=c1cc2nc3c(SC)c4sc5c(nc4cc3nc2c(SC)c1SC)=C(SC)C(=N)C(=O)C=5. The number of hydrogen-bond donors (Lipinski definition) is 1. The fourth-order valence-electron chi connectivity index (χ4n) is 3.97. The van der Waals surface area contributed by atoms with Crippen LogP contribution in [0.25, 0.3) is 43.3 Å². The van der Waals surface area contributed by atoms with Crippen LogP contribution in [0.3, 0.4) is 0 Å². The van der Waals surface area contributed by atoms with Gasteiger partial charge >= 0.3 is 0 Å². The van der Waals surface area contributed by atoms with Crippen molar-refractivity contribution in [3.63, 3.8) is 0 Å². The Morgan fingerprint density at radius 2 is 1.50 bits per heavy atom. The van der Waals surface area contributed by atoms with E-state index in [2.05, 4.69) is 17.5 Å². The summed E-state index contributed by atoms with van der Waals surface area (Å²) in [4.78, 5) is 35.7. The maximum absolute atomic E-state index is 12.4. The summed E-state index contributed by atoms with van der Waals surface area (Å²) in [5, 5.41) is 9.80. The highest BCUT2D eigenvalue weighted by atomic mass is 32.2. The van der Waals surface area contributed by atoms with Gasteiger partial charge in [-0.2, -0.15) is 0 Å². The molecule has 0 aliphatic heterocycles. The van der Waals surface area contributed by atoms with E-state index in [9.17, 15) is 4.79 Å². The van der Waals surface area contributed by atoms with Crippen molar-refractivity contribution in [1.82, 2.24) is 15.0 Å². The molecule has 4 aromatic rings. The van der Waals surface area contributed by atoms with Gasteiger partial charge in [-0.15, -0.1) is 58.4 Å². The summed E-state index contributed by atoms with van der Waals surface area (Å²) in [5.74, 6) is -0.281. The van der Waals surface area contributed by atoms with Gasteiger partial charge in [-0.1, -0.05) is 0 Å². The Morgan fingerprint density at radius 3 is 2.12 bits per heavy atom. The molecule has 34 heavy (non-hydrogen) atoms. The van der Waals surface area contributed by atoms with Gasteiger partial charge < -0.3 is 0 Å². The highest BCUT2D eigenvalue weighted by Crippen LogP contribution is 2.37. The minimum atomic E-state index is -0.281. The Morgan fingerprint density at radius 1 is 0.853 bits per heavy atom. The minimum Gasteiger partial charge on any atom is -0.296 e.